The topological polar surface area (TPSA) is 91.0 Å². The smallest absolute Gasteiger partial charge is 0.228 e. The van der Waals surface area contributed by atoms with Crippen LogP contribution >= 0.6 is 0 Å². The third kappa shape index (κ3) is 5.19. The SMILES string of the molecule is CC(C)(N)CN1CCN(c2cc(-c3cccc(O)c3)nc(N3CCOCC3)n2)CC1. The zero-order valence-corrected chi connectivity index (χ0v) is 17.9. The molecular weight excluding hydrogens is 380 g/mol. The van der Waals surface area contributed by atoms with Gasteiger partial charge in [-0.2, -0.15) is 4.98 Å². The molecule has 2 saturated heterocycles. The molecule has 8 nitrogen and oxygen atoms in total. The van der Waals surface area contributed by atoms with Crippen LogP contribution in [-0.2, 0) is 4.74 Å². The molecule has 0 bridgehead atoms. The van der Waals surface area contributed by atoms with Crippen molar-refractivity contribution in [2.24, 2.45) is 5.73 Å². The lowest BCUT2D eigenvalue weighted by Gasteiger charge is -2.38. The molecule has 2 aromatic rings. The number of hydrogen-bond acceptors (Lipinski definition) is 8. The van der Waals surface area contributed by atoms with Gasteiger partial charge in [0.05, 0.1) is 18.9 Å². The minimum absolute atomic E-state index is 0.191. The molecule has 1 aromatic carbocycles. The number of ether oxygens (including phenoxy) is 1. The summed E-state index contributed by atoms with van der Waals surface area (Å²) < 4.78 is 5.49. The number of aromatic nitrogens is 2. The molecule has 0 amide bonds. The van der Waals surface area contributed by atoms with Gasteiger partial charge < -0.3 is 25.4 Å². The lowest BCUT2D eigenvalue weighted by Crippen LogP contribution is -2.53. The quantitative estimate of drug-likeness (QED) is 0.764. The van der Waals surface area contributed by atoms with Gasteiger partial charge in [0.1, 0.15) is 11.6 Å². The van der Waals surface area contributed by atoms with E-state index >= 15 is 0 Å². The first-order valence-electron chi connectivity index (χ1n) is 10.6. The first-order chi connectivity index (χ1) is 14.4. The molecular formula is C22H32N6O2. The first-order valence-corrected chi connectivity index (χ1v) is 10.6. The number of phenols is 1. The van der Waals surface area contributed by atoms with Crippen molar-refractivity contribution in [1.29, 1.82) is 0 Å². The molecule has 2 aliphatic rings. The van der Waals surface area contributed by atoms with Crippen LogP contribution in [0.4, 0.5) is 11.8 Å². The zero-order chi connectivity index (χ0) is 21.1. The number of hydrogen-bond donors (Lipinski definition) is 2. The summed E-state index contributed by atoms with van der Waals surface area (Å²) in [6.45, 7) is 11.7. The first kappa shape index (κ1) is 20.8. The van der Waals surface area contributed by atoms with Crippen molar-refractivity contribution in [1.82, 2.24) is 14.9 Å². The van der Waals surface area contributed by atoms with E-state index in [9.17, 15) is 5.11 Å². The Kier molecular flexibility index (Phi) is 6.08. The van der Waals surface area contributed by atoms with Crippen LogP contribution in [0.1, 0.15) is 13.8 Å². The molecule has 8 heteroatoms. The van der Waals surface area contributed by atoms with Gasteiger partial charge in [-0.25, -0.2) is 4.98 Å². The van der Waals surface area contributed by atoms with E-state index in [-0.39, 0.29) is 11.3 Å². The van der Waals surface area contributed by atoms with E-state index in [0.717, 1.165) is 68.8 Å². The van der Waals surface area contributed by atoms with Crippen molar-refractivity contribution in [2.75, 3.05) is 68.8 Å². The predicted octanol–water partition coefficient (Wildman–Crippen LogP) is 1.55. The van der Waals surface area contributed by atoms with Crippen LogP contribution in [-0.4, -0.2) is 84.5 Å². The number of aromatic hydroxyl groups is 1. The number of anilines is 2. The Hall–Kier alpha value is -2.42. The molecule has 162 valence electrons. The van der Waals surface area contributed by atoms with Gasteiger partial charge in [0.15, 0.2) is 0 Å². The second-order valence-corrected chi connectivity index (χ2v) is 8.81. The second-order valence-electron chi connectivity index (χ2n) is 8.81. The minimum Gasteiger partial charge on any atom is -0.508 e. The highest BCUT2D eigenvalue weighted by Gasteiger charge is 2.24. The number of rotatable bonds is 5. The molecule has 4 rings (SSSR count). The Morgan fingerprint density at radius 3 is 2.40 bits per heavy atom. The average molecular weight is 413 g/mol. The molecule has 0 radical (unpaired) electrons. The number of piperazine rings is 1. The maximum absolute atomic E-state index is 9.94. The van der Waals surface area contributed by atoms with Gasteiger partial charge in [-0.15, -0.1) is 0 Å². The van der Waals surface area contributed by atoms with E-state index in [1.807, 2.05) is 18.2 Å². The summed E-state index contributed by atoms with van der Waals surface area (Å²) in [6, 6.07) is 9.26. The maximum Gasteiger partial charge on any atom is 0.228 e. The van der Waals surface area contributed by atoms with Crippen molar-refractivity contribution in [3.05, 3.63) is 30.3 Å². The second kappa shape index (κ2) is 8.75. The highest BCUT2D eigenvalue weighted by Crippen LogP contribution is 2.28. The summed E-state index contributed by atoms with van der Waals surface area (Å²) in [5, 5.41) is 9.94. The summed E-state index contributed by atoms with van der Waals surface area (Å²) in [6.07, 6.45) is 0. The highest BCUT2D eigenvalue weighted by molar-refractivity contribution is 5.66. The molecule has 2 aliphatic heterocycles. The van der Waals surface area contributed by atoms with Crippen LogP contribution in [0.2, 0.25) is 0 Å². The van der Waals surface area contributed by atoms with Crippen LogP contribution in [0.5, 0.6) is 5.75 Å². The van der Waals surface area contributed by atoms with Crippen molar-refractivity contribution in [3.8, 4) is 17.0 Å². The van der Waals surface area contributed by atoms with Crippen LogP contribution in [0.15, 0.2) is 30.3 Å². The molecule has 0 unspecified atom stereocenters. The van der Waals surface area contributed by atoms with Gasteiger partial charge in [-0.1, -0.05) is 12.1 Å². The fourth-order valence-electron chi connectivity index (χ4n) is 4.01. The molecule has 1 aromatic heterocycles. The third-order valence-electron chi connectivity index (χ3n) is 5.46. The highest BCUT2D eigenvalue weighted by atomic mass is 16.5. The summed E-state index contributed by atoms with van der Waals surface area (Å²) in [5.74, 6) is 1.88. The molecule has 30 heavy (non-hydrogen) atoms. The summed E-state index contributed by atoms with van der Waals surface area (Å²) in [7, 11) is 0. The number of nitrogens with zero attached hydrogens (tertiary/aromatic N) is 5. The van der Waals surface area contributed by atoms with Gasteiger partial charge in [0.2, 0.25) is 5.95 Å². The van der Waals surface area contributed by atoms with Crippen molar-refractivity contribution >= 4 is 11.8 Å². The Labute approximate surface area is 178 Å². The minimum atomic E-state index is -0.191. The van der Waals surface area contributed by atoms with Crippen molar-refractivity contribution in [2.45, 2.75) is 19.4 Å². The normalized spacial score (nSPS) is 18.6. The lowest BCUT2D eigenvalue weighted by molar-refractivity contribution is 0.122. The fourth-order valence-corrected chi connectivity index (χ4v) is 4.01. The van der Waals surface area contributed by atoms with Gasteiger partial charge in [-0.3, -0.25) is 4.90 Å². The largest absolute Gasteiger partial charge is 0.508 e. The number of nitrogens with two attached hydrogens (primary N) is 1. The summed E-state index contributed by atoms with van der Waals surface area (Å²) >= 11 is 0. The Balaban J connectivity index is 1.60. The molecule has 3 heterocycles. The Morgan fingerprint density at radius 2 is 1.73 bits per heavy atom. The molecule has 0 saturated carbocycles. The zero-order valence-electron chi connectivity index (χ0n) is 17.9. The molecule has 0 atom stereocenters. The van der Waals surface area contributed by atoms with Crippen molar-refractivity contribution < 1.29 is 9.84 Å². The Bertz CT molecular complexity index is 855. The van der Waals surface area contributed by atoms with E-state index in [4.69, 9.17) is 20.4 Å². The van der Waals surface area contributed by atoms with E-state index < -0.39 is 0 Å². The van der Waals surface area contributed by atoms with Gasteiger partial charge >= 0.3 is 0 Å². The number of phenolic OH excluding ortho intramolecular Hbond substituents is 1. The average Bonchev–Trinajstić information content (AvgIpc) is 2.73. The lowest BCUT2D eigenvalue weighted by atomic mass is 10.1. The molecule has 2 fully saturated rings. The van der Waals surface area contributed by atoms with Gasteiger partial charge in [0.25, 0.3) is 0 Å². The van der Waals surface area contributed by atoms with Gasteiger partial charge in [-0.05, 0) is 26.0 Å². The van der Waals surface area contributed by atoms with E-state index in [0.29, 0.717) is 13.2 Å². The number of benzene rings is 1. The van der Waals surface area contributed by atoms with Crippen LogP contribution < -0.4 is 15.5 Å². The summed E-state index contributed by atoms with van der Waals surface area (Å²) in [5.41, 5.74) is 7.72. The maximum atomic E-state index is 9.94. The summed E-state index contributed by atoms with van der Waals surface area (Å²) in [4.78, 5) is 16.6. The Morgan fingerprint density at radius 1 is 1.00 bits per heavy atom. The molecule has 0 aliphatic carbocycles. The third-order valence-corrected chi connectivity index (χ3v) is 5.46. The van der Waals surface area contributed by atoms with Crippen molar-refractivity contribution in [3.63, 3.8) is 0 Å². The standard InChI is InChI=1S/C22H32N6O2/c1-22(2,23)16-26-6-8-27(9-7-26)20-15-19(17-4-3-5-18(29)14-17)24-21(25-20)28-10-12-30-13-11-28/h3-5,14-15,29H,6-13,16,23H2,1-2H3. The molecule has 3 N–H and O–H groups in total. The van der Waals surface area contributed by atoms with Gasteiger partial charge in [0, 0.05) is 63.0 Å². The van der Waals surface area contributed by atoms with E-state index in [2.05, 4.69) is 28.5 Å². The monoisotopic (exact) mass is 412 g/mol. The number of morpholine rings is 1. The molecule has 0 spiro atoms. The predicted molar refractivity (Wildman–Crippen MR) is 119 cm³/mol. The fraction of sp³-hybridized carbons (Fsp3) is 0.545. The van der Waals surface area contributed by atoms with Crippen LogP contribution in [0.25, 0.3) is 11.3 Å². The van der Waals surface area contributed by atoms with Crippen LogP contribution in [0.3, 0.4) is 0 Å². The van der Waals surface area contributed by atoms with E-state index in [1.165, 1.54) is 0 Å². The van der Waals surface area contributed by atoms with Crippen LogP contribution in [0, 0.1) is 0 Å². The van der Waals surface area contributed by atoms with E-state index in [1.54, 1.807) is 12.1 Å².